The van der Waals surface area contributed by atoms with Crippen molar-refractivity contribution in [3.8, 4) is 22.9 Å². The Balaban J connectivity index is 1.94. The van der Waals surface area contributed by atoms with Gasteiger partial charge in [0.1, 0.15) is 0 Å². The maximum atomic E-state index is 14.2. The topological polar surface area (TPSA) is 83.4 Å². The van der Waals surface area contributed by atoms with Gasteiger partial charge in [-0.25, -0.2) is 24.1 Å². The van der Waals surface area contributed by atoms with Gasteiger partial charge in [0.15, 0.2) is 11.5 Å². The number of rotatable bonds is 8. The number of carbonyl (C=O) groups is 1. The molecule has 0 bridgehead atoms. The van der Waals surface area contributed by atoms with Crippen LogP contribution in [0, 0.1) is 5.82 Å². The minimum absolute atomic E-state index is 0.341. The Morgan fingerprint density at radius 3 is 2.43 bits per heavy atom. The molecule has 0 aromatic carbocycles. The highest BCUT2D eigenvalue weighted by molar-refractivity contribution is 5.87. The lowest BCUT2D eigenvalue weighted by atomic mass is 10.0. The van der Waals surface area contributed by atoms with Gasteiger partial charge in [0.25, 0.3) is 0 Å². The Morgan fingerprint density at radius 1 is 1.00 bits per heavy atom. The third kappa shape index (κ3) is 4.89. The summed E-state index contributed by atoms with van der Waals surface area (Å²) in [6, 6.07) is 6.86. The molecule has 0 fully saturated rings. The first-order valence-corrected chi connectivity index (χ1v) is 9.49. The van der Waals surface area contributed by atoms with Crippen molar-refractivity contribution in [3.63, 3.8) is 0 Å². The van der Waals surface area contributed by atoms with Crippen molar-refractivity contribution in [1.29, 1.82) is 0 Å². The van der Waals surface area contributed by atoms with Crippen LogP contribution in [0.3, 0.4) is 0 Å². The number of carbonyl (C=O) groups excluding carboxylic acids is 1. The number of hydrogen-bond donors (Lipinski definition) is 0. The number of ether oxygens (including phenoxy) is 3. The summed E-state index contributed by atoms with van der Waals surface area (Å²) in [4.78, 5) is 24.0. The van der Waals surface area contributed by atoms with Crippen LogP contribution in [0.15, 0.2) is 42.9 Å². The highest BCUT2D eigenvalue weighted by atomic mass is 19.1. The minimum Gasteiger partial charge on any atom is -0.478 e. The van der Waals surface area contributed by atoms with Gasteiger partial charge in [0.2, 0.25) is 11.8 Å². The van der Waals surface area contributed by atoms with E-state index in [0.717, 1.165) is 16.7 Å². The summed E-state index contributed by atoms with van der Waals surface area (Å²) in [6.45, 7) is 4.75. The molecule has 0 saturated heterocycles. The molecule has 0 saturated carbocycles. The van der Waals surface area contributed by atoms with Gasteiger partial charge >= 0.3 is 5.97 Å². The standard InChI is InChI=1S/C22H22FN3O4/c1-4-29-19-11-16(6-7-24-19)17-9-14(13-26-21(17)30-5-2)8-15-10-18(23)20(25-12-15)22(27)28-3/h6-7,9-13H,4-5,8H2,1-3H3. The maximum absolute atomic E-state index is 14.2. The molecule has 3 aromatic heterocycles. The Morgan fingerprint density at radius 2 is 1.73 bits per heavy atom. The first-order valence-electron chi connectivity index (χ1n) is 9.49. The number of methoxy groups -OCH3 is 1. The average molecular weight is 411 g/mol. The van der Waals surface area contributed by atoms with E-state index in [9.17, 15) is 9.18 Å². The summed E-state index contributed by atoms with van der Waals surface area (Å²) < 4.78 is 29.9. The van der Waals surface area contributed by atoms with Crippen molar-refractivity contribution in [1.82, 2.24) is 15.0 Å². The number of esters is 1. The summed E-state index contributed by atoms with van der Waals surface area (Å²) in [5.74, 6) is -0.548. The summed E-state index contributed by atoms with van der Waals surface area (Å²) in [6.07, 6.45) is 5.16. The first kappa shape index (κ1) is 21.2. The summed E-state index contributed by atoms with van der Waals surface area (Å²) in [7, 11) is 1.18. The molecule has 0 amide bonds. The summed E-state index contributed by atoms with van der Waals surface area (Å²) in [5.41, 5.74) is 2.71. The molecule has 0 radical (unpaired) electrons. The van der Waals surface area contributed by atoms with Crippen LogP contribution < -0.4 is 9.47 Å². The smallest absolute Gasteiger partial charge is 0.359 e. The summed E-state index contributed by atoms with van der Waals surface area (Å²) >= 11 is 0. The molecular weight excluding hydrogens is 389 g/mol. The molecule has 0 spiro atoms. The zero-order valence-electron chi connectivity index (χ0n) is 17.0. The molecule has 8 heteroatoms. The van der Waals surface area contributed by atoms with Gasteiger partial charge in [-0.15, -0.1) is 0 Å². The zero-order chi connectivity index (χ0) is 21.5. The van der Waals surface area contributed by atoms with Crippen LogP contribution in [0.2, 0.25) is 0 Å². The van der Waals surface area contributed by atoms with Gasteiger partial charge < -0.3 is 14.2 Å². The lowest BCUT2D eigenvalue weighted by molar-refractivity contribution is 0.0588. The second kappa shape index (κ2) is 9.78. The largest absolute Gasteiger partial charge is 0.478 e. The molecule has 0 unspecified atom stereocenters. The van der Waals surface area contributed by atoms with E-state index in [-0.39, 0.29) is 5.69 Å². The van der Waals surface area contributed by atoms with Crippen molar-refractivity contribution < 1.29 is 23.4 Å². The predicted octanol–water partition coefficient (Wildman–Crippen LogP) is 3.85. The molecule has 0 aliphatic rings. The quantitative estimate of drug-likeness (QED) is 0.521. The van der Waals surface area contributed by atoms with Crippen molar-refractivity contribution in [2.75, 3.05) is 20.3 Å². The van der Waals surface area contributed by atoms with Gasteiger partial charge in [-0.05, 0) is 48.7 Å². The molecular formula is C22H22FN3O4. The monoisotopic (exact) mass is 411 g/mol. The SMILES string of the molecule is CCOc1cc(-c2cc(Cc3cnc(C(=O)OC)c(F)c3)cnc2OCC)ccn1. The number of hydrogen-bond acceptors (Lipinski definition) is 7. The van der Waals surface area contributed by atoms with Crippen LogP contribution in [0.25, 0.3) is 11.1 Å². The highest BCUT2D eigenvalue weighted by Crippen LogP contribution is 2.31. The first-order chi connectivity index (χ1) is 14.5. The second-order valence-corrected chi connectivity index (χ2v) is 6.29. The Kier molecular flexibility index (Phi) is 6.90. The third-order valence-electron chi connectivity index (χ3n) is 4.21. The van der Waals surface area contributed by atoms with Crippen LogP contribution in [0.1, 0.15) is 35.5 Å². The fourth-order valence-corrected chi connectivity index (χ4v) is 2.91. The predicted molar refractivity (Wildman–Crippen MR) is 108 cm³/mol. The van der Waals surface area contributed by atoms with Crippen LogP contribution in [-0.2, 0) is 11.2 Å². The Labute approximate surface area is 173 Å². The minimum atomic E-state index is -0.813. The lowest BCUT2D eigenvalue weighted by Gasteiger charge is -2.12. The van der Waals surface area contributed by atoms with Gasteiger partial charge in [0.05, 0.1) is 20.3 Å². The van der Waals surface area contributed by atoms with Crippen LogP contribution >= 0.6 is 0 Å². The maximum Gasteiger partial charge on any atom is 0.359 e. The number of aromatic nitrogens is 3. The third-order valence-corrected chi connectivity index (χ3v) is 4.21. The Hall–Kier alpha value is -3.55. The molecule has 7 nitrogen and oxygen atoms in total. The molecule has 0 aliphatic heterocycles. The molecule has 156 valence electrons. The molecule has 3 rings (SSSR count). The van der Waals surface area contributed by atoms with E-state index in [2.05, 4.69) is 19.7 Å². The number of nitrogens with zero attached hydrogens (tertiary/aromatic N) is 3. The van der Waals surface area contributed by atoms with Crippen molar-refractivity contribution >= 4 is 5.97 Å². The molecule has 3 heterocycles. The van der Waals surface area contributed by atoms with Crippen LogP contribution in [0.5, 0.6) is 11.8 Å². The molecule has 30 heavy (non-hydrogen) atoms. The van der Waals surface area contributed by atoms with E-state index in [0.29, 0.717) is 37.0 Å². The fraction of sp³-hybridized carbons (Fsp3) is 0.273. The van der Waals surface area contributed by atoms with Gasteiger partial charge in [-0.3, -0.25) is 0 Å². The van der Waals surface area contributed by atoms with E-state index in [1.165, 1.54) is 19.4 Å². The van der Waals surface area contributed by atoms with E-state index < -0.39 is 11.8 Å². The highest BCUT2D eigenvalue weighted by Gasteiger charge is 2.16. The van der Waals surface area contributed by atoms with E-state index in [4.69, 9.17) is 9.47 Å². The van der Waals surface area contributed by atoms with E-state index in [1.807, 2.05) is 32.0 Å². The van der Waals surface area contributed by atoms with E-state index >= 15 is 0 Å². The van der Waals surface area contributed by atoms with Crippen LogP contribution in [-0.4, -0.2) is 41.2 Å². The van der Waals surface area contributed by atoms with Gasteiger partial charge in [-0.1, -0.05) is 0 Å². The zero-order valence-corrected chi connectivity index (χ0v) is 17.0. The van der Waals surface area contributed by atoms with E-state index in [1.54, 1.807) is 12.4 Å². The molecule has 0 atom stereocenters. The second-order valence-electron chi connectivity index (χ2n) is 6.29. The fourth-order valence-electron chi connectivity index (χ4n) is 2.91. The van der Waals surface area contributed by atoms with Crippen molar-refractivity contribution in [2.24, 2.45) is 0 Å². The average Bonchev–Trinajstić information content (AvgIpc) is 2.75. The lowest BCUT2D eigenvalue weighted by Crippen LogP contribution is -2.08. The van der Waals surface area contributed by atoms with Crippen LogP contribution in [0.4, 0.5) is 4.39 Å². The molecule has 0 N–H and O–H groups in total. The van der Waals surface area contributed by atoms with Crippen molar-refractivity contribution in [3.05, 3.63) is 65.5 Å². The number of halogens is 1. The molecule has 3 aromatic rings. The Bertz CT molecular complexity index is 1040. The molecule has 0 aliphatic carbocycles. The normalized spacial score (nSPS) is 10.5. The summed E-state index contributed by atoms with van der Waals surface area (Å²) in [5, 5.41) is 0. The number of pyridine rings is 3. The van der Waals surface area contributed by atoms with Crippen molar-refractivity contribution in [2.45, 2.75) is 20.3 Å². The van der Waals surface area contributed by atoms with Gasteiger partial charge in [-0.2, -0.15) is 0 Å². The van der Waals surface area contributed by atoms with Gasteiger partial charge in [0, 0.05) is 36.6 Å².